The zero-order valence-electron chi connectivity index (χ0n) is 16.3. The van der Waals surface area contributed by atoms with E-state index in [0.717, 1.165) is 18.4 Å². The Morgan fingerprint density at radius 3 is 2.39 bits per heavy atom. The van der Waals surface area contributed by atoms with Gasteiger partial charge in [-0.1, -0.05) is 33.6 Å². The second-order valence-electron chi connectivity index (χ2n) is 8.95. The van der Waals surface area contributed by atoms with E-state index in [2.05, 4.69) is 38.3 Å². The van der Waals surface area contributed by atoms with Gasteiger partial charge in [-0.15, -0.1) is 0 Å². The topological polar surface area (TPSA) is 50.4 Å². The summed E-state index contributed by atoms with van der Waals surface area (Å²) in [5.41, 5.74) is -0.568. The first-order chi connectivity index (χ1) is 10.5. The molecule has 0 aromatic heterocycles. The molecule has 0 heterocycles. The summed E-state index contributed by atoms with van der Waals surface area (Å²) in [5.74, 6) is 2.04. The van der Waals surface area contributed by atoms with Crippen LogP contribution >= 0.6 is 0 Å². The highest BCUT2D eigenvalue weighted by Gasteiger charge is 2.30. The fourth-order valence-corrected chi connectivity index (χ4v) is 3.16. The lowest BCUT2D eigenvalue weighted by atomic mass is 9.81. The van der Waals surface area contributed by atoms with Gasteiger partial charge in [-0.2, -0.15) is 0 Å². The molecule has 0 saturated heterocycles. The zero-order chi connectivity index (χ0) is 17.7. The lowest BCUT2D eigenvalue weighted by molar-refractivity contribution is 0.0501. The monoisotopic (exact) mass is 326 g/mol. The van der Waals surface area contributed by atoms with E-state index in [1.807, 2.05) is 20.8 Å². The van der Waals surface area contributed by atoms with Crippen LogP contribution in [0.4, 0.5) is 4.79 Å². The van der Waals surface area contributed by atoms with Crippen molar-refractivity contribution in [3.8, 4) is 0 Å². The van der Waals surface area contributed by atoms with E-state index in [1.165, 1.54) is 25.7 Å². The van der Waals surface area contributed by atoms with Gasteiger partial charge < -0.3 is 15.4 Å². The molecule has 2 N–H and O–H groups in total. The number of rotatable bonds is 6. The van der Waals surface area contributed by atoms with Crippen LogP contribution < -0.4 is 10.6 Å². The van der Waals surface area contributed by atoms with Gasteiger partial charge in [0.1, 0.15) is 5.60 Å². The molecule has 0 radical (unpaired) electrons. The third kappa shape index (κ3) is 7.56. The fraction of sp³-hybridized carbons (Fsp3) is 0.947. The molecule has 23 heavy (non-hydrogen) atoms. The van der Waals surface area contributed by atoms with Crippen molar-refractivity contribution in [1.82, 2.24) is 10.6 Å². The Hall–Kier alpha value is -0.770. The summed E-state index contributed by atoms with van der Waals surface area (Å²) >= 11 is 0. The van der Waals surface area contributed by atoms with Gasteiger partial charge >= 0.3 is 6.09 Å². The first-order valence-electron chi connectivity index (χ1n) is 9.24. The SMILES string of the molecule is CC1CCCC(CNC(C)(CNC(=O)OC(C)(C)C)C(C)C)C1. The van der Waals surface area contributed by atoms with Crippen molar-refractivity contribution in [2.45, 2.75) is 85.3 Å². The van der Waals surface area contributed by atoms with E-state index in [9.17, 15) is 4.79 Å². The molecule has 136 valence electrons. The maximum Gasteiger partial charge on any atom is 0.407 e. The van der Waals surface area contributed by atoms with Gasteiger partial charge in [0.25, 0.3) is 0 Å². The van der Waals surface area contributed by atoms with Crippen LogP contribution in [0.2, 0.25) is 0 Å². The highest BCUT2D eigenvalue weighted by atomic mass is 16.6. The smallest absolute Gasteiger partial charge is 0.407 e. The Morgan fingerprint density at radius 2 is 1.87 bits per heavy atom. The van der Waals surface area contributed by atoms with Gasteiger partial charge in [-0.25, -0.2) is 4.79 Å². The van der Waals surface area contributed by atoms with Crippen LogP contribution in [0.15, 0.2) is 0 Å². The minimum atomic E-state index is -0.454. The molecule has 0 spiro atoms. The van der Waals surface area contributed by atoms with Crippen molar-refractivity contribution < 1.29 is 9.53 Å². The molecule has 1 aliphatic rings. The van der Waals surface area contributed by atoms with E-state index in [1.54, 1.807) is 0 Å². The molecule has 0 aromatic rings. The van der Waals surface area contributed by atoms with Crippen molar-refractivity contribution in [2.24, 2.45) is 17.8 Å². The maximum absolute atomic E-state index is 11.9. The van der Waals surface area contributed by atoms with E-state index >= 15 is 0 Å². The predicted molar refractivity (Wildman–Crippen MR) is 96.6 cm³/mol. The number of hydrogen-bond acceptors (Lipinski definition) is 3. The number of ether oxygens (including phenoxy) is 1. The lowest BCUT2D eigenvalue weighted by Crippen LogP contribution is -2.56. The van der Waals surface area contributed by atoms with Gasteiger partial charge in [0.15, 0.2) is 0 Å². The van der Waals surface area contributed by atoms with Crippen LogP contribution in [0, 0.1) is 17.8 Å². The minimum Gasteiger partial charge on any atom is -0.444 e. The first-order valence-corrected chi connectivity index (χ1v) is 9.24. The van der Waals surface area contributed by atoms with E-state index in [4.69, 9.17) is 4.74 Å². The molecule has 1 aliphatic carbocycles. The van der Waals surface area contributed by atoms with Crippen LogP contribution in [0.3, 0.4) is 0 Å². The van der Waals surface area contributed by atoms with Crippen LogP contribution in [0.25, 0.3) is 0 Å². The summed E-state index contributed by atoms with van der Waals surface area (Å²) in [7, 11) is 0. The van der Waals surface area contributed by atoms with E-state index < -0.39 is 5.60 Å². The fourth-order valence-electron chi connectivity index (χ4n) is 3.16. The number of amides is 1. The van der Waals surface area contributed by atoms with Gasteiger partial charge in [0, 0.05) is 12.1 Å². The number of carbonyl (C=O) groups is 1. The molecule has 4 nitrogen and oxygen atoms in total. The number of hydrogen-bond donors (Lipinski definition) is 2. The Labute approximate surface area is 143 Å². The zero-order valence-corrected chi connectivity index (χ0v) is 16.3. The maximum atomic E-state index is 11.9. The Kier molecular flexibility index (Phi) is 7.37. The normalized spacial score (nSPS) is 25.0. The second-order valence-corrected chi connectivity index (χ2v) is 8.95. The highest BCUT2D eigenvalue weighted by molar-refractivity contribution is 5.67. The van der Waals surface area contributed by atoms with Gasteiger partial charge in [0.2, 0.25) is 0 Å². The van der Waals surface area contributed by atoms with Crippen LogP contribution in [0.5, 0.6) is 0 Å². The Bertz CT molecular complexity index is 376. The quantitative estimate of drug-likeness (QED) is 0.763. The first kappa shape index (κ1) is 20.3. The average Bonchev–Trinajstić information content (AvgIpc) is 2.41. The van der Waals surface area contributed by atoms with E-state index in [-0.39, 0.29) is 11.6 Å². The molecule has 3 atom stereocenters. The summed E-state index contributed by atoms with van der Waals surface area (Å²) in [5, 5.41) is 6.67. The molecule has 1 saturated carbocycles. The van der Waals surface area contributed by atoms with Crippen LogP contribution in [-0.4, -0.2) is 30.3 Å². The van der Waals surface area contributed by atoms with Gasteiger partial charge in [-0.3, -0.25) is 0 Å². The van der Waals surface area contributed by atoms with Crippen molar-refractivity contribution in [1.29, 1.82) is 0 Å². The Balaban J connectivity index is 2.49. The second kappa shape index (κ2) is 8.36. The summed E-state index contributed by atoms with van der Waals surface area (Å²) in [6.45, 7) is 16.2. The number of alkyl carbamates (subject to hydrolysis) is 1. The van der Waals surface area contributed by atoms with Crippen molar-refractivity contribution in [3.63, 3.8) is 0 Å². The van der Waals surface area contributed by atoms with Crippen molar-refractivity contribution in [3.05, 3.63) is 0 Å². The summed E-state index contributed by atoms with van der Waals surface area (Å²) in [6.07, 6.45) is 5.03. The molecule has 0 aromatic carbocycles. The standard InChI is InChI=1S/C19H38N2O2/c1-14(2)19(7,13-20-17(22)23-18(4,5)6)21-12-16-10-8-9-15(3)11-16/h14-16,21H,8-13H2,1-7H3,(H,20,22). The van der Waals surface area contributed by atoms with Crippen molar-refractivity contribution >= 4 is 6.09 Å². The minimum absolute atomic E-state index is 0.114. The average molecular weight is 327 g/mol. The van der Waals surface area contributed by atoms with Crippen LogP contribution in [-0.2, 0) is 4.74 Å². The van der Waals surface area contributed by atoms with Gasteiger partial charge in [-0.05, 0) is 64.8 Å². The molecule has 1 fully saturated rings. The largest absolute Gasteiger partial charge is 0.444 e. The molecular formula is C19H38N2O2. The summed E-state index contributed by atoms with van der Waals surface area (Å²) in [6, 6.07) is 0. The summed E-state index contributed by atoms with van der Waals surface area (Å²) in [4.78, 5) is 11.9. The summed E-state index contributed by atoms with van der Waals surface area (Å²) < 4.78 is 5.34. The van der Waals surface area contributed by atoms with E-state index in [0.29, 0.717) is 12.5 Å². The molecule has 0 bridgehead atoms. The Morgan fingerprint density at radius 1 is 1.22 bits per heavy atom. The molecule has 1 rings (SSSR count). The molecule has 4 heteroatoms. The predicted octanol–water partition coefficient (Wildman–Crippen LogP) is 4.34. The molecule has 0 aliphatic heterocycles. The van der Waals surface area contributed by atoms with Crippen molar-refractivity contribution in [2.75, 3.05) is 13.1 Å². The lowest BCUT2D eigenvalue weighted by Gasteiger charge is -2.38. The molecule has 1 amide bonds. The molecular weight excluding hydrogens is 288 g/mol. The molecule has 3 unspecified atom stereocenters. The number of nitrogens with one attached hydrogen (secondary N) is 2. The third-order valence-corrected chi connectivity index (χ3v) is 5.11. The van der Waals surface area contributed by atoms with Gasteiger partial charge in [0.05, 0.1) is 0 Å². The van der Waals surface area contributed by atoms with Crippen LogP contribution in [0.1, 0.15) is 74.1 Å². The third-order valence-electron chi connectivity index (χ3n) is 5.11. The highest BCUT2D eigenvalue weighted by Crippen LogP contribution is 2.29. The number of carbonyl (C=O) groups excluding carboxylic acids is 1.